The molecular formula is C10H22N4O2. The summed E-state index contributed by atoms with van der Waals surface area (Å²) in [7, 11) is 0. The fourth-order valence-corrected chi connectivity index (χ4v) is 1.11. The van der Waals surface area contributed by atoms with Crippen molar-refractivity contribution >= 4 is 11.8 Å². The lowest BCUT2D eigenvalue weighted by molar-refractivity contribution is -0.139. The van der Waals surface area contributed by atoms with Crippen LogP contribution >= 0.6 is 0 Å². The van der Waals surface area contributed by atoms with Gasteiger partial charge in [-0.25, -0.2) is 0 Å². The number of carbonyl (C=O) groups is 2. The Hall–Kier alpha value is -1.14. The summed E-state index contributed by atoms with van der Waals surface area (Å²) in [6.45, 7) is 2.12. The van der Waals surface area contributed by atoms with Crippen molar-refractivity contribution < 1.29 is 9.59 Å². The number of nitrogens with two attached hydrogens (primary N) is 2. The molecule has 6 nitrogen and oxygen atoms in total. The van der Waals surface area contributed by atoms with Crippen molar-refractivity contribution in [3.63, 3.8) is 0 Å². The Morgan fingerprint density at radius 2 is 1.25 bits per heavy atom. The van der Waals surface area contributed by atoms with E-state index in [9.17, 15) is 9.59 Å². The van der Waals surface area contributed by atoms with Crippen molar-refractivity contribution in [3.8, 4) is 0 Å². The van der Waals surface area contributed by atoms with E-state index in [1.807, 2.05) is 0 Å². The molecule has 2 amide bonds. The first-order chi connectivity index (χ1) is 7.72. The van der Waals surface area contributed by atoms with Gasteiger partial charge in [-0.05, 0) is 32.4 Å². The van der Waals surface area contributed by atoms with Gasteiger partial charge in [-0.15, -0.1) is 0 Å². The van der Waals surface area contributed by atoms with Gasteiger partial charge in [0.2, 0.25) is 0 Å². The highest BCUT2D eigenvalue weighted by atomic mass is 16.2. The van der Waals surface area contributed by atoms with Crippen molar-refractivity contribution in [1.29, 1.82) is 0 Å². The van der Waals surface area contributed by atoms with Crippen LogP contribution in [0, 0.1) is 0 Å². The van der Waals surface area contributed by atoms with Crippen LogP contribution in [0.2, 0.25) is 0 Å². The number of amides is 2. The quantitative estimate of drug-likeness (QED) is 0.307. The Balaban J connectivity index is 3.44. The Morgan fingerprint density at radius 1 is 0.750 bits per heavy atom. The average molecular weight is 230 g/mol. The topological polar surface area (TPSA) is 110 Å². The van der Waals surface area contributed by atoms with Crippen molar-refractivity contribution in [2.45, 2.75) is 25.7 Å². The average Bonchev–Trinajstić information content (AvgIpc) is 2.28. The Morgan fingerprint density at radius 3 is 1.75 bits per heavy atom. The minimum atomic E-state index is -0.590. The molecule has 0 aromatic carbocycles. The van der Waals surface area contributed by atoms with Gasteiger partial charge in [0.05, 0.1) is 0 Å². The summed E-state index contributed by atoms with van der Waals surface area (Å²) in [6, 6.07) is 0. The van der Waals surface area contributed by atoms with Crippen molar-refractivity contribution in [1.82, 2.24) is 10.6 Å². The van der Waals surface area contributed by atoms with Gasteiger partial charge in [-0.2, -0.15) is 0 Å². The fourth-order valence-electron chi connectivity index (χ4n) is 1.11. The van der Waals surface area contributed by atoms with Crippen LogP contribution in [0.15, 0.2) is 0 Å². The molecule has 0 aliphatic carbocycles. The normalized spacial score (nSPS) is 9.88. The lowest BCUT2D eigenvalue weighted by Crippen LogP contribution is -2.40. The standard InChI is InChI=1S/C10H22N4O2/c11-5-2-1-3-7-13-9(15)10(16)14-8-4-6-12/h1-8,11-12H2,(H,13,15)(H,14,16). The van der Waals surface area contributed by atoms with E-state index >= 15 is 0 Å². The summed E-state index contributed by atoms with van der Waals surface area (Å²) in [5.74, 6) is -1.17. The third-order valence-electron chi connectivity index (χ3n) is 2.04. The van der Waals surface area contributed by atoms with E-state index < -0.39 is 11.8 Å². The minimum absolute atomic E-state index is 0.440. The lowest BCUT2D eigenvalue weighted by atomic mass is 10.2. The SMILES string of the molecule is NCCCCCNC(=O)C(=O)NCCCN. The zero-order valence-electron chi connectivity index (χ0n) is 9.63. The molecule has 0 aliphatic heterocycles. The van der Waals surface area contributed by atoms with Crippen molar-refractivity contribution in [3.05, 3.63) is 0 Å². The van der Waals surface area contributed by atoms with E-state index in [4.69, 9.17) is 11.5 Å². The maximum atomic E-state index is 11.2. The first-order valence-electron chi connectivity index (χ1n) is 5.68. The first kappa shape index (κ1) is 14.9. The summed E-state index contributed by atoms with van der Waals surface area (Å²) in [5, 5.41) is 5.03. The van der Waals surface area contributed by atoms with Crippen LogP contribution in [0.3, 0.4) is 0 Å². The molecule has 0 spiro atoms. The largest absolute Gasteiger partial charge is 0.348 e. The maximum absolute atomic E-state index is 11.2. The van der Waals surface area contributed by atoms with Gasteiger partial charge >= 0.3 is 11.8 Å². The second kappa shape index (κ2) is 10.4. The summed E-state index contributed by atoms with van der Waals surface area (Å²) >= 11 is 0. The van der Waals surface area contributed by atoms with Gasteiger partial charge < -0.3 is 22.1 Å². The second-order valence-corrected chi connectivity index (χ2v) is 3.50. The van der Waals surface area contributed by atoms with Gasteiger partial charge in [-0.3, -0.25) is 9.59 Å². The molecule has 0 saturated heterocycles. The molecule has 0 aliphatic rings. The van der Waals surface area contributed by atoms with Crippen LogP contribution in [0.5, 0.6) is 0 Å². The number of hydrogen-bond acceptors (Lipinski definition) is 4. The second-order valence-electron chi connectivity index (χ2n) is 3.50. The number of rotatable bonds is 8. The van der Waals surface area contributed by atoms with Crippen LogP contribution in [0.4, 0.5) is 0 Å². The molecular weight excluding hydrogens is 208 g/mol. The van der Waals surface area contributed by atoms with Crippen molar-refractivity contribution in [2.75, 3.05) is 26.2 Å². The molecule has 0 radical (unpaired) electrons. The zero-order valence-corrected chi connectivity index (χ0v) is 9.63. The molecule has 0 bridgehead atoms. The van der Waals surface area contributed by atoms with Gasteiger partial charge in [0.1, 0.15) is 0 Å². The summed E-state index contributed by atoms with van der Waals surface area (Å²) < 4.78 is 0. The Labute approximate surface area is 96.1 Å². The molecule has 0 unspecified atom stereocenters. The smallest absolute Gasteiger partial charge is 0.309 e. The van der Waals surface area contributed by atoms with Crippen LogP contribution in [0.1, 0.15) is 25.7 Å². The highest BCUT2D eigenvalue weighted by Gasteiger charge is 2.10. The lowest BCUT2D eigenvalue weighted by Gasteiger charge is -2.05. The highest BCUT2D eigenvalue weighted by molar-refractivity contribution is 6.35. The summed E-state index contributed by atoms with van der Waals surface area (Å²) in [5.41, 5.74) is 10.6. The molecule has 0 atom stereocenters. The monoisotopic (exact) mass is 230 g/mol. The number of hydrogen-bond donors (Lipinski definition) is 4. The maximum Gasteiger partial charge on any atom is 0.309 e. The molecule has 94 valence electrons. The van der Waals surface area contributed by atoms with E-state index in [0.29, 0.717) is 32.6 Å². The molecule has 0 aromatic rings. The van der Waals surface area contributed by atoms with Crippen LogP contribution in [0.25, 0.3) is 0 Å². The molecule has 0 fully saturated rings. The Kier molecular flexibility index (Phi) is 9.64. The minimum Gasteiger partial charge on any atom is -0.348 e. The third kappa shape index (κ3) is 8.19. The number of carbonyl (C=O) groups excluding carboxylic acids is 2. The number of nitrogens with one attached hydrogen (secondary N) is 2. The molecule has 0 rings (SSSR count). The molecule has 6 N–H and O–H groups in total. The summed E-state index contributed by atoms with van der Waals surface area (Å²) in [4.78, 5) is 22.3. The Bertz CT molecular complexity index is 209. The highest BCUT2D eigenvalue weighted by Crippen LogP contribution is 1.90. The first-order valence-corrected chi connectivity index (χ1v) is 5.68. The van der Waals surface area contributed by atoms with E-state index in [2.05, 4.69) is 10.6 Å². The third-order valence-corrected chi connectivity index (χ3v) is 2.04. The molecule has 0 aromatic heterocycles. The van der Waals surface area contributed by atoms with E-state index in [1.54, 1.807) is 0 Å². The van der Waals surface area contributed by atoms with E-state index in [0.717, 1.165) is 19.3 Å². The zero-order chi connectivity index (χ0) is 12.2. The molecule has 0 heterocycles. The van der Waals surface area contributed by atoms with Gasteiger partial charge in [0.15, 0.2) is 0 Å². The van der Waals surface area contributed by atoms with Crippen LogP contribution in [-0.2, 0) is 9.59 Å². The molecule has 16 heavy (non-hydrogen) atoms. The predicted molar refractivity (Wildman–Crippen MR) is 62.6 cm³/mol. The van der Waals surface area contributed by atoms with E-state index in [1.165, 1.54) is 0 Å². The van der Waals surface area contributed by atoms with Crippen molar-refractivity contribution in [2.24, 2.45) is 11.5 Å². The number of unbranched alkanes of at least 4 members (excludes halogenated alkanes) is 2. The van der Waals surface area contributed by atoms with Gasteiger partial charge in [0.25, 0.3) is 0 Å². The van der Waals surface area contributed by atoms with Gasteiger partial charge in [-0.1, -0.05) is 6.42 Å². The van der Waals surface area contributed by atoms with Gasteiger partial charge in [0, 0.05) is 13.1 Å². The van der Waals surface area contributed by atoms with Crippen LogP contribution in [-0.4, -0.2) is 38.0 Å². The fraction of sp³-hybridized carbons (Fsp3) is 0.800. The molecule has 6 heteroatoms. The predicted octanol–water partition coefficient (Wildman–Crippen LogP) is -1.30. The summed E-state index contributed by atoms with van der Waals surface area (Å²) in [6.07, 6.45) is 3.43. The van der Waals surface area contributed by atoms with Crippen LogP contribution < -0.4 is 22.1 Å². The molecule has 0 saturated carbocycles. The van der Waals surface area contributed by atoms with E-state index in [-0.39, 0.29) is 0 Å².